The first kappa shape index (κ1) is 19.8. The lowest BCUT2D eigenvalue weighted by atomic mass is 9.95. The number of carbonyl (C=O) groups is 2. The summed E-state index contributed by atoms with van der Waals surface area (Å²) in [4.78, 5) is 25.9. The fourth-order valence-corrected chi connectivity index (χ4v) is 3.09. The Morgan fingerprint density at radius 3 is 2.39 bits per heavy atom. The zero-order valence-corrected chi connectivity index (χ0v) is 16.6. The summed E-state index contributed by atoms with van der Waals surface area (Å²) in [7, 11) is 2.93. The highest BCUT2D eigenvalue weighted by Gasteiger charge is 2.34. The SMILES string of the molecule is COC(=O)C1=C(C)N(C)C(=O)N[C@@H]1c1ccc(OCc2ccc(Cl)cc2)cc1. The molecule has 2 aromatic rings. The third kappa shape index (κ3) is 4.12. The molecule has 0 spiro atoms. The maximum atomic E-state index is 12.3. The van der Waals surface area contributed by atoms with Crippen LogP contribution in [0.25, 0.3) is 0 Å². The van der Waals surface area contributed by atoms with Crippen molar-refractivity contribution in [2.24, 2.45) is 0 Å². The number of carbonyl (C=O) groups excluding carboxylic acids is 2. The van der Waals surface area contributed by atoms with E-state index in [0.717, 1.165) is 11.1 Å². The third-order valence-corrected chi connectivity index (χ3v) is 4.94. The maximum Gasteiger partial charge on any atom is 0.337 e. The predicted octanol–water partition coefficient (Wildman–Crippen LogP) is 4.06. The molecule has 146 valence electrons. The van der Waals surface area contributed by atoms with Gasteiger partial charge in [0, 0.05) is 17.8 Å². The van der Waals surface area contributed by atoms with Gasteiger partial charge in [0.15, 0.2) is 0 Å². The van der Waals surface area contributed by atoms with Crippen molar-refractivity contribution in [3.63, 3.8) is 0 Å². The molecule has 7 heteroatoms. The second-order valence-electron chi connectivity index (χ2n) is 6.42. The van der Waals surface area contributed by atoms with Crippen molar-refractivity contribution in [1.29, 1.82) is 0 Å². The van der Waals surface area contributed by atoms with Crippen LogP contribution in [-0.2, 0) is 16.1 Å². The van der Waals surface area contributed by atoms with Crippen LogP contribution in [0.5, 0.6) is 5.75 Å². The van der Waals surface area contributed by atoms with E-state index in [-0.39, 0.29) is 6.03 Å². The summed E-state index contributed by atoms with van der Waals surface area (Å²) >= 11 is 5.88. The Bertz CT molecular complexity index is 907. The van der Waals surface area contributed by atoms with Crippen LogP contribution < -0.4 is 10.1 Å². The normalized spacial score (nSPS) is 16.6. The van der Waals surface area contributed by atoms with Gasteiger partial charge in [-0.2, -0.15) is 0 Å². The number of rotatable bonds is 5. The monoisotopic (exact) mass is 400 g/mol. The Morgan fingerprint density at radius 2 is 1.79 bits per heavy atom. The summed E-state index contributed by atoms with van der Waals surface area (Å²) in [6.45, 7) is 2.13. The number of allylic oxidation sites excluding steroid dienone is 1. The number of halogens is 1. The van der Waals surface area contributed by atoms with E-state index in [1.807, 2.05) is 36.4 Å². The number of nitrogens with one attached hydrogen (secondary N) is 1. The fourth-order valence-electron chi connectivity index (χ4n) is 2.96. The summed E-state index contributed by atoms with van der Waals surface area (Å²) in [6.07, 6.45) is 0. The Balaban J connectivity index is 1.78. The van der Waals surface area contributed by atoms with E-state index in [2.05, 4.69) is 5.32 Å². The van der Waals surface area contributed by atoms with Gasteiger partial charge in [-0.05, 0) is 42.3 Å². The Morgan fingerprint density at radius 1 is 1.14 bits per heavy atom. The van der Waals surface area contributed by atoms with Crippen molar-refractivity contribution in [1.82, 2.24) is 10.2 Å². The molecule has 0 bridgehead atoms. The number of nitrogens with zero attached hydrogens (tertiary/aromatic N) is 1. The van der Waals surface area contributed by atoms with Crippen LogP contribution >= 0.6 is 11.6 Å². The topological polar surface area (TPSA) is 67.9 Å². The highest BCUT2D eigenvalue weighted by molar-refractivity contribution is 6.30. The molecule has 1 aliphatic heterocycles. The fraction of sp³-hybridized carbons (Fsp3) is 0.238. The van der Waals surface area contributed by atoms with Crippen LogP contribution in [0.15, 0.2) is 59.8 Å². The molecule has 0 aliphatic carbocycles. The summed E-state index contributed by atoms with van der Waals surface area (Å²) in [6, 6.07) is 13.8. The number of hydrogen-bond acceptors (Lipinski definition) is 4. The highest BCUT2D eigenvalue weighted by Crippen LogP contribution is 2.31. The van der Waals surface area contributed by atoms with Gasteiger partial charge in [0.2, 0.25) is 0 Å². The Kier molecular flexibility index (Phi) is 5.90. The lowest BCUT2D eigenvalue weighted by Gasteiger charge is -2.33. The van der Waals surface area contributed by atoms with Gasteiger partial charge >= 0.3 is 12.0 Å². The van der Waals surface area contributed by atoms with E-state index < -0.39 is 12.0 Å². The number of ether oxygens (including phenoxy) is 2. The molecule has 6 nitrogen and oxygen atoms in total. The lowest BCUT2D eigenvalue weighted by molar-refractivity contribution is -0.136. The van der Waals surface area contributed by atoms with Crippen LogP contribution in [0, 0.1) is 0 Å². The molecular weight excluding hydrogens is 380 g/mol. The second-order valence-corrected chi connectivity index (χ2v) is 6.85. The minimum Gasteiger partial charge on any atom is -0.489 e. The molecule has 1 N–H and O–H groups in total. The van der Waals surface area contributed by atoms with Crippen LogP contribution in [0.3, 0.4) is 0 Å². The van der Waals surface area contributed by atoms with Crippen molar-refractivity contribution >= 4 is 23.6 Å². The number of benzene rings is 2. The number of urea groups is 1. The summed E-state index contributed by atoms with van der Waals surface area (Å²) in [5.41, 5.74) is 2.73. The minimum absolute atomic E-state index is 0.279. The quantitative estimate of drug-likeness (QED) is 0.768. The smallest absolute Gasteiger partial charge is 0.337 e. The average Bonchev–Trinajstić information content (AvgIpc) is 2.71. The highest BCUT2D eigenvalue weighted by atomic mass is 35.5. The van der Waals surface area contributed by atoms with E-state index in [0.29, 0.717) is 28.6 Å². The van der Waals surface area contributed by atoms with Gasteiger partial charge in [0.25, 0.3) is 0 Å². The van der Waals surface area contributed by atoms with Crippen molar-refractivity contribution < 1.29 is 19.1 Å². The van der Waals surface area contributed by atoms with Gasteiger partial charge in [0.1, 0.15) is 12.4 Å². The zero-order chi connectivity index (χ0) is 20.3. The minimum atomic E-state index is -0.582. The molecular formula is C21H21ClN2O4. The molecule has 28 heavy (non-hydrogen) atoms. The van der Waals surface area contributed by atoms with Crippen molar-refractivity contribution in [2.75, 3.05) is 14.2 Å². The molecule has 0 fully saturated rings. The number of esters is 1. The first-order chi connectivity index (χ1) is 13.4. The molecule has 1 atom stereocenters. The first-order valence-corrected chi connectivity index (χ1v) is 9.09. The molecule has 2 aromatic carbocycles. The van der Waals surface area contributed by atoms with Crippen molar-refractivity contribution in [2.45, 2.75) is 19.6 Å². The molecule has 0 saturated heterocycles. The number of hydrogen-bond donors (Lipinski definition) is 1. The lowest BCUT2D eigenvalue weighted by Crippen LogP contribution is -2.46. The number of methoxy groups -OCH3 is 1. The largest absolute Gasteiger partial charge is 0.489 e. The van der Waals surface area contributed by atoms with E-state index >= 15 is 0 Å². The molecule has 2 amide bonds. The molecule has 0 aromatic heterocycles. The van der Waals surface area contributed by atoms with E-state index in [4.69, 9.17) is 21.1 Å². The Hall–Kier alpha value is -2.99. The molecule has 3 rings (SSSR count). The van der Waals surface area contributed by atoms with Gasteiger partial charge in [-0.1, -0.05) is 35.9 Å². The van der Waals surface area contributed by atoms with Gasteiger partial charge < -0.3 is 19.7 Å². The first-order valence-electron chi connectivity index (χ1n) is 8.71. The maximum absolute atomic E-state index is 12.3. The average molecular weight is 401 g/mol. The van der Waals surface area contributed by atoms with E-state index in [1.165, 1.54) is 12.0 Å². The van der Waals surface area contributed by atoms with Crippen molar-refractivity contribution in [3.05, 3.63) is 76.0 Å². The molecule has 0 saturated carbocycles. The summed E-state index contributed by atoms with van der Waals surface area (Å²) in [5, 5.41) is 3.51. The van der Waals surface area contributed by atoms with E-state index in [1.54, 1.807) is 26.1 Å². The summed E-state index contributed by atoms with van der Waals surface area (Å²) in [5.74, 6) is 0.204. The third-order valence-electron chi connectivity index (χ3n) is 4.69. The second kappa shape index (κ2) is 8.35. The van der Waals surface area contributed by atoms with Gasteiger partial charge in [-0.25, -0.2) is 9.59 Å². The molecule has 0 unspecified atom stereocenters. The Labute approximate surface area is 168 Å². The number of amides is 2. The van der Waals surface area contributed by atoms with Crippen LogP contribution in [0.2, 0.25) is 5.02 Å². The molecule has 0 radical (unpaired) electrons. The van der Waals surface area contributed by atoms with Crippen molar-refractivity contribution in [3.8, 4) is 5.75 Å². The van der Waals surface area contributed by atoms with Crippen LogP contribution in [0.4, 0.5) is 4.79 Å². The predicted molar refractivity (Wildman–Crippen MR) is 106 cm³/mol. The molecule has 1 aliphatic rings. The van der Waals surface area contributed by atoms with Gasteiger partial charge in [-0.3, -0.25) is 0 Å². The van der Waals surface area contributed by atoms with Crippen LogP contribution in [-0.4, -0.2) is 31.1 Å². The van der Waals surface area contributed by atoms with Gasteiger partial charge in [-0.15, -0.1) is 0 Å². The summed E-state index contributed by atoms with van der Waals surface area (Å²) < 4.78 is 10.7. The molecule has 1 heterocycles. The zero-order valence-electron chi connectivity index (χ0n) is 15.9. The standard InChI is InChI=1S/C21H21ClN2O4/c1-13-18(20(25)27-3)19(23-21(26)24(13)2)15-6-10-17(11-7-15)28-12-14-4-8-16(22)9-5-14/h4-11,19H,12H2,1-3H3,(H,23,26)/t19-/m1/s1. The van der Waals surface area contributed by atoms with E-state index in [9.17, 15) is 9.59 Å². The van der Waals surface area contributed by atoms with Gasteiger partial charge in [0.05, 0.1) is 18.7 Å². The van der Waals surface area contributed by atoms with Crippen LogP contribution in [0.1, 0.15) is 24.1 Å².